The number of carbonyl (C=O) groups is 1. The number of esters is 1. The third-order valence-electron chi connectivity index (χ3n) is 7.16. The molecule has 176 valence electrons. The molecule has 0 spiro atoms. The normalized spacial score (nSPS) is 22.1. The van der Waals surface area contributed by atoms with Gasteiger partial charge in [0.05, 0.1) is 24.4 Å². The number of ether oxygens (including phenoxy) is 3. The van der Waals surface area contributed by atoms with Crippen LogP contribution in [0.1, 0.15) is 46.0 Å². The fourth-order valence-corrected chi connectivity index (χ4v) is 5.02. The van der Waals surface area contributed by atoms with E-state index in [9.17, 15) is 10.1 Å². The van der Waals surface area contributed by atoms with Crippen molar-refractivity contribution in [3.05, 3.63) is 57.9 Å². The molecule has 1 saturated heterocycles. The summed E-state index contributed by atoms with van der Waals surface area (Å²) in [6, 6.07) is 6.10. The summed E-state index contributed by atoms with van der Waals surface area (Å²) in [6.45, 7) is 8.39. The Morgan fingerprint density at radius 1 is 1.21 bits per heavy atom. The molecule has 7 nitrogen and oxygen atoms in total. The SMILES string of the molecule is COC1=CC(CCN2CCN(CC(OC)c3ccc4c(c3C)COC4=O)CC2)CC=C1C#N. The zero-order chi connectivity index (χ0) is 23.4. The fourth-order valence-electron chi connectivity index (χ4n) is 5.02. The first-order valence-electron chi connectivity index (χ1n) is 11.7. The van der Waals surface area contributed by atoms with Crippen molar-refractivity contribution in [3.63, 3.8) is 0 Å². The minimum Gasteiger partial charge on any atom is -0.496 e. The smallest absolute Gasteiger partial charge is 0.338 e. The molecular formula is C26H33N3O4. The highest BCUT2D eigenvalue weighted by Crippen LogP contribution is 2.31. The molecule has 0 N–H and O–H groups in total. The van der Waals surface area contributed by atoms with Gasteiger partial charge in [-0.1, -0.05) is 12.1 Å². The summed E-state index contributed by atoms with van der Waals surface area (Å²) in [5, 5.41) is 9.18. The maximum atomic E-state index is 11.8. The molecule has 1 aliphatic carbocycles. The second-order valence-electron chi connectivity index (χ2n) is 9.00. The Kier molecular flexibility index (Phi) is 7.49. The number of hydrogen-bond acceptors (Lipinski definition) is 7. The van der Waals surface area contributed by atoms with Gasteiger partial charge < -0.3 is 19.1 Å². The van der Waals surface area contributed by atoms with Crippen molar-refractivity contribution in [2.45, 2.75) is 32.5 Å². The van der Waals surface area contributed by atoms with Gasteiger partial charge in [0, 0.05) is 45.4 Å². The summed E-state index contributed by atoms with van der Waals surface area (Å²) in [4.78, 5) is 16.8. The topological polar surface area (TPSA) is 75.0 Å². The number of rotatable bonds is 8. The Bertz CT molecular complexity index is 986. The number of fused-ring (bicyclic) bond motifs is 1. The minimum atomic E-state index is -0.228. The van der Waals surface area contributed by atoms with Gasteiger partial charge in [-0.3, -0.25) is 4.90 Å². The van der Waals surface area contributed by atoms with Gasteiger partial charge >= 0.3 is 5.97 Å². The van der Waals surface area contributed by atoms with Crippen molar-refractivity contribution in [3.8, 4) is 6.07 Å². The van der Waals surface area contributed by atoms with E-state index >= 15 is 0 Å². The molecule has 4 rings (SSSR count). The van der Waals surface area contributed by atoms with Crippen molar-refractivity contribution in [2.75, 3.05) is 53.5 Å². The Balaban J connectivity index is 1.27. The van der Waals surface area contributed by atoms with Gasteiger partial charge in [-0.2, -0.15) is 5.26 Å². The van der Waals surface area contributed by atoms with Crippen LogP contribution in [0.25, 0.3) is 0 Å². The number of piperazine rings is 1. The van der Waals surface area contributed by atoms with Crippen LogP contribution in [0.4, 0.5) is 0 Å². The highest BCUT2D eigenvalue weighted by Gasteiger charge is 2.28. The number of nitriles is 1. The molecule has 1 aromatic rings. The van der Waals surface area contributed by atoms with Crippen molar-refractivity contribution >= 4 is 5.97 Å². The van der Waals surface area contributed by atoms with E-state index in [0.29, 0.717) is 29.4 Å². The van der Waals surface area contributed by atoms with Crippen LogP contribution in [0.3, 0.4) is 0 Å². The van der Waals surface area contributed by atoms with Crippen molar-refractivity contribution < 1.29 is 19.0 Å². The molecular weight excluding hydrogens is 418 g/mol. The van der Waals surface area contributed by atoms with Crippen LogP contribution in [-0.2, 0) is 20.8 Å². The lowest BCUT2D eigenvalue weighted by Gasteiger charge is -2.37. The summed E-state index contributed by atoms with van der Waals surface area (Å²) in [5.41, 5.74) is 4.57. The standard InChI is InChI=1S/C26H33N3O4/c1-18-21(6-7-22-23(18)17-33-26(22)30)25(32-3)16-29-12-10-28(11-13-29)9-8-19-4-5-20(15-27)24(14-19)31-2/h5-7,14,19,25H,4,8-13,16-17H2,1-3H3. The average molecular weight is 452 g/mol. The number of cyclic esters (lactones) is 1. The number of hydrogen-bond donors (Lipinski definition) is 0. The Morgan fingerprint density at radius 3 is 2.67 bits per heavy atom. The van der Waals surface area contributed by atoms with E-state index in [-0.39, 0.29) is 12.1 Å². The van der Waals surface area contributed by atoms with E-state index in [1.54, 1.807) is 14.2 Å². The van der Waals surface area contributed by atoms with Crippen LogP contribution in [0, 0.1) is 24.2 Å². The van der Waals surface area contributed by atoms with Crippen molar-refractivity contribution in [1.82, 2.24) is 9.80 Å². The van der Waals surface area contributed by atoms with Gasteiger partial charge in [-0.15, -0.1) is 0 Å². The van der Waals surface area contributed by atoms with Crippen LogP contribution in [-0.4, -0.2) is 69.3 Å². The van der Waals surface area contributed by atoms with E-state index in [2.05, 4.69) is 28.9 Å². The molecule has 0 aromatic heterocycles. The summed E-state index contributed by atoms with van der Waals surface area (Å²) >= 11 is 0. The highest BCUT2D eigenvalue weighted by atomic mass is 16.5. The molecule has 0 radical (unpaired) electrons. The summed E-state index contributed by atoms with van der Waals surface area (Å²) in [7, 11) is 3.39. The zero-order valence-electron chi connectivity index (χ0n) is 19.8. The first-order chi connectivity index (χ1) is 16.0. The molecule has 2 unspecified atom stereocenters. The van der Waals surface area contributed by atoms with Gasteiger partial charge in [0.2, 0.25) is 0 Å². The molecule has 7 heteroatoms. The maximum absolute atomic E-state index is 11.8. The van der Waals surface area contributed by atoms with Gasteiger partial charge in [-0.05, 0) is 55.5 Å². The van der Waals surface area contributed by atoms with Gasteiger partial charge in [0.25, 0.3) is 0 Å². The molecule has 0 saturated carbocycles. The van der Waals surface area contributed by atoms with Crippen molar-refractivity contribution in [2.24, 2.45) is 5.92 Å². The van der Waals surface area contributed by atoms with E-state index in [4.69, 9.17) is 14.2 Å². The lowest BCUT2D eigenvalue weighted by atomic mass is 9.92. The van der Waals surface area contributed by atoms with Gasteiger partial charge in [0.1, 0.15) is 18.4 Å². The molecule has 3 aliphatic rings. The van der Waals surface area contributed by atoms with Crippen molar-refractivity contribution in [1.29, 1.82) is 5.26 Å². The summed E-state index contributed by atoms with van der Waals surface area (Å²) in [6.07, 6.45) is 6.04. The van der Waals surface area contributed by atoms with Crippen LogP contribution >= 0.6 is 0 Å². The predicted molar refractivity (Wildman–Crippen MR) is 124 cm³/mol. The van der Waals surface area contributed by atoms with Crippen LogP contribution < -0.4 is 0 Å². The minimum absolute atomic E-state index is 0.0292. The first-order valence-corrected chi connectivity index (χ1v) is 11.7. The number of methoxy groups -OCH3 is 2. The molecule has 2 atom stereocenters. The van der Waals surface area contributed by atoms with Gasteiger partial charge in [0.15, 0.2) is 0 Å². The van der Waals surface area contributed by atoms with Gasteiger partial charge in [-0.25, -0.2) is 4.79 Å². The molecule has 33 heavy (non-hydrogen) atoms. The summed E-state index contributed by atoms with van der Waals surface area (Å²) < 4.78 is 16.4. The quantitative estimate of drug-likeness (QED) is 0.561. The molecule has 0 bridgehead atoms. The second kappa shape index (κ2) is 10.5. The Morgan fingerprint density at radius 2 is 1.97 bits per heavy atom. The van der Waals surface area contributed by atoms with Crippen LogP contribution in [0.5, 0.6) is 0 Å². The zero-order valence-corrected chi connectivity index (χ0v) is 19.8. The number of nitrogens with zero attached hydrogens (tertiary/aromatic N) is 3. The lowest BCUT2D eigenvalue weighted by Crippen LogP contribution is -2.48. The second-order valence-corrected chi connectivity index (χ2v) is 9.00. The predicted octanol–water partition coefficient (Wildman–Crippen LogP) is 3.36. The molecule has 1 aromatic carbocycles. The molecule has 1 fully saturated rings. The maximum Gasteiger partial charge on any atom is 0.338 e. The van der Waals surface area contributed by atoms with E-state index in [1.165, 1.54) is 0 Å². The summed E-state index contributed by atoms with van der Waals surface area (Å²) in [5.74, 6) is 0.905. The third kappa shape index (κ3) is 5.14. The average Bonchev–Trinajstić information content (AvgIpc) is 3.23. The van der Waals surface area contributed by atoms with E-state index in [0.717, 1.165) is 68.8 Å². The number of allylic oxidation sites excluding steroid dienone is 3. The molecule has 2 heterocycles. The van der Waals surface area contributed by atoms with Crippen LogP contribution in [0.2, 0.25) is 0 Å². The third-order valence-corrected chi connectivity index (χ3v) is 7.16. The largest absolute Gasteiger partial charge is 0.496 e. The molecule has 0 amide bonds. The lowest BCUT2D eigenvalue weighted by molar-refractivity contribution is 0.0409. The highest BCUT2D eigenvalue weighted by molar-refractivity contribution is 5.93. The first kappa shape index (κ1) is 23.5. The van der Waals surface area contributed by atoms with E-state index in [1.807, 2.05) is 18.2 Å². The number of benzene rings is 1. The molecule has 2 aliphatic heterocycles. The van der Waals surface area contributed by atoms with E-state index < -0.39 is 0 Å². The number of carbonyl (C=O) groups excluding carboxylic acids is 1. The Labute approximate surface area is 196 Å². The van der Waals surface area contributed by atoms with Crippen LogP contribution in [0.15, 0.2) is 35.6 Å². The monoisotopic (exact) mass is 451 g/mol. The Hall–Kier alpha value is -2.66. The fraction of sp³-hybridized carbons (Fsp3) is 0.538.